The van der Waals surface area contributed by atoms with Gasteiger partial charge in [-0.05, 0) is 18.6 Å². The van der Waals surface area contributed by atoms with Crippen molar-refractivity contribution >= 4 is 5.96 Å². The molecule has 0 heterocycles. The molecule has 0 aliphatic carbocycles. The Bertz CT molecular complexity index is 711. The first-order valence-electron chi connectivity index (χ1n) is 8.84. The van der Waals surface area contributed by atoms with Gasteiger partial charge in [0.1, 0.15) is 5.75 Å². The average molecular weight is 377 g/mol. The Morgan fingerprint density at radius 2 is 1.78 bits per heavy atom. The molecular formula is C20H25F2N3O2. The molecule has 0 fully saturated rings. The number of aliphatic hydroxyl groups excluding tert-OH is 1. The topological polar surface area (TPSA) is 65.9 Å². The van der Waals surface area contributed by atoms with Gasteiger partial charge in [-0.2, -0.15) is 8.78 Å². The molecule has 2 aromatic carbocycles. The highest BCUT2D eigenvalue weighted by molar-refractivity contribution is 5.79. The zero-order valence-electron chi connectivity index (χ0n) is 15.2. The highest BCUT2D eigenvalue weighted by Gasteiger charge is 2.12. The second kappa shape index (κ2) is 11.1. The Hall–Kier alpha value is -2.67. The summed E-state index contributed by atoms with van der Waals surface area (Å²) in [6, 6.07) is 16.3. The second-order valence-electron chi connectivity index (χ2n) is 5.85. The number of aliphatic hydroxyl groups is 1. The number of nitrogens with zero attached hydrogens (tertiary/aromatic N) is 1. The van der Waals surface area contributed by atoms with Gasteiger partial charge >= 0.3 is 6.61 Å². The monoisotopic (exact) mass is 377 g/mol. The number of guanidine groups is 1. The van der Waals surface area contributed by atoms with Crippen molar-refractivity contribution in [1.29, 1.82) is 0 Å². The van der Waals surface area contributed by atoms with E-state index in [1.165, 1.54) is 6.07 Å². The van der Waals surface area contributed by atoms with Crippen LogP contribution in [0, 0.1) is 0 Å². The molecule has 3 N–H and O–H groups in total. The lowest BCUT2D eigenvalue weighted by Gasteiger charge is -2.18. The average Bonchev–Trinajstić information content (AvgIpc) is 2.68. The molecule has 5 nitrogen and oxygen atoms in total. The molecule has 0 aromatic heterocycles. The number of alkyl halides is 2. The van der Waals surface area contributed by atoms with Crippen molar-refractivity contribution in [3.63, 3.8) is 0 Å². The molecule has 0 saturated carbocycles. The molecule has 0 amide bonds. The van der Waals surface area contributed by atoms with E-state index in [4.69, 9.17) is 0 Å². The standard InChI is InChI=1S/C20H25F2N3O2/c1-2-23-20(25-13-17(14-26)15-8-4-3-5-9-15)24-12-16-10-6-7-11-18(16)27-19(21)22/h3-11,17,19,26H,2,12-14H2,1H3,(H2,23,24,25). The Labute approximate surface area is 158 Å². The predicted molar refractivity (Wildman–Crippen MR) is 102 cm³/mol. The Balaban J connectivity index is 2.04. The van der Waals surface area contributed by atoms with Crippen LogP contribution in [0.1, 0.15) is 24.0 Å². The maximum Gasteiger partial charge on any atom is 0.387 e. The first kappa shape index (κ1) is 20.6. The number of benzene rings is 2. The van der Waals surface area contributed by atoms with Gasteiger partial charge in [0.15, 0.2) is 5.96 Å². The van der Waals surface area contributed by atoms with E-state index in [1.807, 2.05) is 37.3 Å². The van der Waals surface area contributed by atoms with E-state index in [0.717, 1.165) is 5.56 Å². The predicted octanol–water partition coefficient (Wildman–Crippen LogP) is 3.12. The van der Waals surface area contributed by atoms with Crippen molar-refractivity contribution in [1.82, 2.24) is 10.6 Å². The van der Waals surface area contributed by atoms with E-state index < -0.39 is 6.61 Å². The van der Waals surface area contributed by atoms with Crippen LogP contribution < -0.4 is 15.4 Å². The van der Waals surface area contributed by atoms with Gasteiger partial charge < -0.3 is 20.5 Å². The lowest BCUT2D eigenvalue weighted by atomic mass is 10.0. The molecule has 0 aliphatic heterocycles. The zero-order valence-corrected chi connectivity index (χ0v) is 15.2. The summed E-state index contributed by atoms with van der Waals surface area (Å²) in [5.41, 5.74) is 1.59. The molecule has 1 atom stereocenters. The van der Waals surface area contributed by atoms with E-state index in [0.29, 0.717) is 24.6 Å². The molecule has 0 radical (unpaired) electrons. The molecule has 146 valence electrons. The van der Waals surface area contributed by atoms with Crippen molar-refractivity contribution in [3.8, 4) is 5.75 Å². The van der Waals surface area contributed by atoms with Crippen molar-refractivity contribution in [2.45, 2.75) is 26.0 Å². The Kier molecular flexibility index (Phi) is 8.51. The summed E-state index contributed by atoms with van der Waals surface area (Å²) in [5.74, 6) is 0.577. The van der Waals surface area contributed by atoms with E-state index >= 15 is 0 Å². The Morgan fingerprint density at radius 1 is 1.07 bits per heavy atom. The van der Waals surface area contributed by atoms with Crippen LogP contribution in [0.5, 0.6) is 5.75 Å². The minimum absolute atomic E-state index is 0.00147. The number of rotatable bonds is 9. The third-order valence-electron chi connectivity index (χ3n) is 3.95. The fraction of sp³-hybridized carbons (Fsp3) is 0.350. The third-order valence-corrected chi connectivity index (χ3v) is 3.95. The molecule has 0 aliphatic rings. The Morgan fingerprint density at radius 3 is 2.44 bits per heavy atom. The van der Waals surface area contributed by atoms with Crippen LogP contribution >= 0.6 is 0 Å². The quantitative estimate of drug-likeness (QED) is 0.464. The van der Waals surface area contributed by atoms with Crippen LogP contribution in [-0.4, -0.2) is 37.4 Å². The number of para-hydroxylation sites is 1. The van der Waals surface area contributed by atoms with Crippen LogP contribution in [-0.2, 0) is 6.54 Å². The first-order valence-corrected chi connectivity index (χ1v) is 8.84. The van der Waals surface area contributed by atoms with Crippen molar-refractivity contribution in [2.24, 2.45) is 4.99 Å². The zero-order chi connectivity index (χ0) is 19.5. The van der Waals surface area contributed by atoms with E-state index in [1.54, 1.807) is 18.2 Å². The van der Waals surface area contributed by atoms with Gasteiger partial charge in [-0.1, -0.05) is 48.5 Å². The van der Waals surface area contributed by atoms with Gasteiger partial charge in [0.2, 0.25) is 0 Å². The molecule has 2 rings (SSSR count). The summed E-state index contributed by atoms with van der Waals surface area (Å²) in [7, 11) is 0. The van der Waals surface area contributed by atoms with Crippen LogP contribution in [0.25, 0.3) is 0 Å². The largest absolute Gasteiger partial charge is 0.434 e. The summed E-state index contributed by atoms with van der Waals surface area (Å²) in [6.45, 7) is 0.385. The highest BCUT2D eigenvalue weighted by atomic mass is 19.3. The van der Waals surface area contributed by atoms with Crippen LogP contribution in [0.4, 0.5) is 8.78 Å². The van der Waals surface area contributed by atoms with Crippen molar-refractivity contribution in [2.75, 3.05) is 19.7 Å². The van der Waals surface area contributed by atoms with Crippen LogP contribution in [0.2, 0.25) is 0 Å². The van der Waals surface area contributed by atoms with E-state index in [9.17, 15) is 13.9 Å². The number of ether oxygens (including phenoxy) is 1. The van der Waals surface area contributed by atoms with E-state index in [-0.39, 0.29) is 24.8 Å². The number of nitrogens with one attached hydrogen (secondary N) is 2. The van der Waals surface area contributed by atoms with Gasteiger partial charge in [-0.25, -0.2) is 4.99 Å². The smallest absolute Gasteiger partial charge is 0.387 e. The minimum Gasteiger partial charge on any atom is -0.434 e. The van der Waals surface area contributed by atoms with Crippen LogP contribution in [0.15, 0.2) is 59.6 Å². The summed E-state index contributed by atoms with van der Waals surface area (Å²) in [5, 5.41) is 16.0. The SMILES string of the molecule is CCNC(=NCc1ccccc1OC(F)F)NCC(CO)c1ccccc1. The molecule has 0 saturated heterocycles. The molecule has 0 bridgehead atoms. The van der Waals surface area contributed by atoms with Crippen LogP contribution in [0.3, 0.4) is 0 Å². The normalized spacial score (nSPS) is 12.7. The molecule has 2 aromatic rings. The third kappa shape index (κ3) is 6.86. The molecule has 1 unspecified atom stereocenters. The molecular weight excluding hydrogens is 352 g/mol. The van der Waals surface area contributed by atoms with Gasteiger partial charge in [0.05, 0.1) is 13.2 Å². The summed E-state index contributed by atoms with van der Waals surface area (Å²) in [6.07, 6.45) is 0. The van der Waals surface area contributed by atoms with Gasteiger partial charge in [0, 0.05) is 24.6 Å². The van der Waals surface area contributed by atoms with Gasteiger partial charge in [-0.15, -0.1) is 0 Å². The summed E-state index contributed by atoms with van der Waals surface area (Å²) in [4.78, 5) is 4.44. The summed E-state index contributed by atoms with van der Waals surface area (Å²) >= 11 is 0. The number of hydrogen-bond donors (Lipinski definition) is 3. The van der Waals surface area contributed by atoms with E-state index in [2.05, 4.69) is 20.4 Å². The number of aliphatic imine (C=N–C) groups is 1. The summed E-state index contributed by atoms with van der Waals surface area (Å²) < 4.78 is 29.6. The lowest BCUT2D eigenvalue weighted by molar-refractivity contribution is -0.0504. The highest BCUT2D eigenvalue weighted by Crippen LogP contribution is 2.21. The van der Waals surface area contributed by atoms with Gasteiger partial charge in [0.25, 0.3) is 0 Å². The lowest BCUT2D eigenvalue weighted by Crippen LogP contribution is -2.39. The maximum absolute atomic E-state index is 12.5. The number of halogens is 2. The minimum atomic E-state index is -2.88. The number of hydrogen-bond acceptors (Lipinski definition) is 3. The van der Waals surface area contributed by atoms with Gasteiger partial charge in [-0.3, -0.25) is 0 Å². The molecule has 0 spiro atoms. The fourth-order valence-corrected chi connectivity index (χ4v) is 2.58. The van der Waals surface area contributed by atoms with Crippen molar-refractivity contribution in [3.05, 3.63) is 65.7 Å². The second-order valence-corrected chi connectivity index (χ2v) is 5.85. The fourth-order valence-electron chi connectivity index (χ4n) is 2.58. The first-order chi connectivity index (χ1) is 13.1. The molecule has 7 heteroatoms. The van der Waals surface area contributed by atoms with Crippen molar-refractivity contribution < 1.29 is 18.6 Å². The molecule has 27 heavy (non-hydrogen) atoms. The maximum atomic E-state index is 12.5.